The van der Waals surface area contributed by atoms with Gasteiger partial charge in [0.2, 0.25) is 5.91 Å². The van der Waals surface area contributed by atoms with Gasteiger partial charge in [0, 0.05) is 35.7 Å². The molecular formula is C20H22N2O2S. The van der Waals surface area contributed by atoms with E-state index in [1.54, 1.807) is 11.3 Å². The van der Waals surface area contributed by atoms with E-state index in [4.69, 9.17) is 10.2 Å². The summed E-state index contributed by atoms with van der Waals surface area (Å²) < 4.78 is 5.99. The van der Waals surface area contributed by atoms with E-state index in [1.165, 1.54) is 0 Å². The maximum atomic E-state index is 12.6. The number of fused-ring (bicyclic) bond motifs is 1. The summed E-state index contributed by atoms with van der Waals surface area (Å²) in [6.45, 7) is 1.50. The van der Waals surface area contributed by atoms with Gasteiger partial charge >= 0.3 is 0 Å². The lowest BCUT2D eigenvalue weighted by molar-refractivity contribution is -0.133. The summed E-state index contributed by atoms with van der Waals surface area (Å²) >= 11 is 1.65. The molecule has 0 unspecified atom stereocenters. The molecule has 1 aliphatic rings. The highest BCUT2D eigenvalue weighted by atomic mass is 32.1. The van der Waals surface area contributed by atoms with Crippen LogP contribution < -0.4 is 5.73 Å². The molecule has 3 aromatic rings. The quantitative estimate of drug-likeness (QED) is 0.776. The molecule has 1 amide bonds. The number of nitrogens with two attached hydrogens (primary N) is 1. The molecule has 1 saturated heterocycles. The number of benzene rings is 1. The van der Waals surface area contributed by atoms with Crippen LogP contribution in [0.3, 0.4) is 0 Å². The van der Waals surface area contributed by atoms with E-state index >= 15 is 0 Å². The molecule has 5 heteroatoms. The summed E-state index contributed by atoms with van der Waals surface area (Å²) in [7, 11) is 0. The van der Waals surface area contributed by atoms with Crippen molar-refractivity contribution in [3.63, 3.8) is 0 Å². The Balaban J connectivity index is 1.36. The average Bonchev–Trinajstić information content (AvgIpc) is 3.30. The standard InChI is InChI=1S/C20H22N2O2S/c21-17(13-16-5-3-11-25-16)20(23)22-9-7-14(8-10-22)19-12-15-4-1-2-6-18(15)24-19/h1-6,11-12,14,17H,7-10,13,21H2/t17-/m0/s1. The largest absolute Gasteiger partial charge is 0.461 e. The monoisotopic (exact) mass is 354 g/mol. The number of amides is 1. The molecular weight excluding hydrogens is 332 g/mol. The van der Waals surface area contributed by atoms with Gasteiger partial charge in [-0.3, -0.25) is 4.79 Å². The van der Waals surface area contributed by atoms with Crippen molar-refractivity contribution >= 4 is 28.2 Å². The van der Waals surface area contributed by atoms with Gasteiger partial charge in [-0.1, -0.05) is 24.3 Å². The van der Waals surface area contributed by atoms with Crippen molar-refractivity contribution in [2.24, 2.45) is 5.73 Å². The second-order valence-corrected chi connectivity index (χ2v) is 7.71. The summed E-state index contributed by atoms with van der Waals surface area (Å²) in [6, 6.07) is 13.8. The van der Waals surface area contributed by atoms with Crippen LogP contribution in [0.25, 0.3) is 11.0 Å². The van der Waals surface area contributed by atoms with E-state index in [-0.39, 0.29) is 5.91 Å². The minimum Gasteiger partial charge on any atom is -0.461 e. The van der Waals surface area contributed by atoms with Gasteiger partial charge in [-0.05, 0) is 36.4 Å². The minimum absolute atomic E-state index is 0.0662. The highest BCUT2D eigenvalue weighted by Crippen LogP contribution is 2.32. The fraction of sp³-hybridized carbons (Fsp3) is 0.350. The SMILES string of the molecule is N[C@@H](Cc1cccs1)C(=O)N1CCC(c2cc3ccccc3o2)CC1. The number of para-hydroxylation sites is 1. The van der Waals surface area contributed by atoms with E-state index in [2.05, 4.69) is 12.1 Å². The number of likely N-dealkylation sites (tertiary alicyclic amines) is 1. The number of hydrogen-bond donors (Lipinski definition) is 1. The van der Waals surface area contributed by atoms with E-state index in [1.807, 2.05) is 40.6 Å². The molecule has 1 atom stereocenters. The third kappa shape index (κ3) is 3.48. The Bertz CT molecular complexity index is 815. The van der Waals surface area contributed by atoms with Gasteiger partial charge < -0.3 is 15.1 Å². The van der Waals surface area contributed by atoms with Gasteiger partial charge in [0.15, 0.2) is 0 Å². The molecule has 4 nitrogen and oxygen atoms in total. The molecule has 0 spiro atoms. The zero-order chi connectivity index (χ0) is 17.2. The summed E-state index contributed by atoms with van der Waals surface area (Å²) in [5.74, 6) is 1.48. The van der Waals surface area contributed by atoms with Crippen LogP contribution in [0.15, 0.2) is 52.3 Å². The molecule has 4 rings (SSSR count). The number of carbonyl (C=O) groups is 1. The predicted octanol–water partition coefficient (Wildman–Crippen LogP) is 3.77. The minimum atomic E-state index is -0.443. The normalized spacial score (nSPS) is 17.1. The lowest BCUT2D eigenvalue weighted by atomic mass is 9.93. The van der Waals surface area contributed by atoms with Crippen LogP contribution in [0.5, 0.6) is 0 Å². The number of piperidine rings is 1. The predicted molar refractivity (Wildman–Crippen MR) is 101 cm³/mol. The van der Waals surface area contributed by atoms with Crippen molar-refractivity contribution in [2.75, 3.05) is 13.1 Å². The molecule has 1 aromatic carbocycles. The molecule has 0 bridgehead atoms. The fourth-order valence-corrected chi connectivity index (χ4v) is 4.32. The molecule has 0 saturated carbocycles. The summed E-state index contributed by atoms with van der Waals surface area (Å²) in [4.78, 5) is 15.7. The first kappa shape index (κ1) is 16.4. The zero-order valence-corrected chi connectivity index (χ0v) is 14.9. The lowest BCUT2D eigenvalue weighted by Crippen LogP contribution is -2.47. The average molecular weight is 354 g/mol. The molecule has 2 N–H and O–H groups in total. The summed E-state index contributed by atoms with van der Waals surface area (Å²) in [5, 5.41) is 3.17. The van der Waals surface area contributed by atoms with E-state index in [0.717, 1.165) is 47.5 Å². The molecule has 2 aromatic heterocycles. The maximum Gasteiger partial charge on any atom is 0.239 e. The summed E-state index contributed by atoms with van der Waals surface area (Å²) in [5.41, 5.74) is 7.07. The molecule has 1 fully saturated rings. The zero-order valence-electron chi connectivity index (χ0n) is 14.1. The molecule has 130 valence electrons. The highest BCUT2D eigenvalue weighted by molar-refractivity contribution is 7.09. The van der Waals surface area contributed by atoms with Crippen LogP contribution in [0, 0.1) is 0 Å². The van der Waals surface area contributed by atoms with E-state index < -0.39 is 6.04 Å². The van der Waals surface area contributed by atoms with Crippen molar-refractivity contribution in [2.45, 2.75) is 31.2 Å². The van der Waals surface area contributed by atoms with Gasteiger partial charge in [0.05, 0.1) is 6.04 Å². The fourth-order valence-electron chi connectivity index (χ4n) is 3.56. The topological polar surface area (TPSA) is 59.5 Å². The first-order chi connectivity index (χ1) is 12.2. The molecule has 3 heterocycles. The van der Waals surface area contributed by atoms with Gasteiger partial charge in [-0.2, -0.15) is 0 Å². The van der Waals surface area contributed by atoms with Crippen LogP contribution >= 0.6 is 11.3 Å². The second-order valence-electron chi connectivity index (χ2n) is 6.68. The van der Waals surface area contributed by atoms with Crippen molar-refractivity contribution in [1.82, 2.24) is 4.90 Å². The Morgan fingerprint density at radius 1 is 1.24 bits per heavy atom. The number of hydrogen-bond acceptors (Lipinski definition) is 4. The van der Waals surface area contributed by atoms with Gasteiger partial charge in [0.1, 0.15) is 11.3 Å². The van der Waals surface area contributed by atoms with Crippen LogP contribution in [0.4, 0.5) is 0 Å². The third-order valence-electron chi connectivity index (χ3n) is 4.97. The Morgan fingerprint density at radius 3 is 2.76 bits per heavy atom. The van der Waals surface area contributed by atoms with Gasteiger partial charge in [0.25, 0.3) is 0 Å². The first-order valence-electron chi connectivity index (χ1n) is 8.76. The Labute approximate surface area is 151 Å². The number of furan rings is 1. The van der Waals surface area contributed by atoms with Crippen LogP contribution in [0.2, 0.25) is 0 Å². The van der Waals surface area contributed by atoms with Crippen LogP contribution in [-0.4, -0.2) is 29.9 Å². The number of thiophene rings is 1. The van der Waals surface area contributed by atoms with E-state index in [9.17, 15) is 4.79 Å². The maximum absolute atomic E-state index is 12.6. The Kier molecular flexibility index (Phi) is 4.59. The smallest absolute Gasteiger partial charge is 0.239 e. The van der Waals surface area contributed by atoms with Crippen molar-refractivity contribution in [3.8, 4) is 0 Å². The van der Waals surface area contributed by atoms with Gasteiger partial charge in [-0.25, -0.2) is 0 Å². The highest BCUT2D eigenvalue weighted by Gasteiger charge is 2.28. The van der Waals surface area contributed by atoms with Crippen LogP contribution in [-0.2, 0) is 11.2 Å². The second kappa shape index (κ2) is 7.02. The molecule has 25 heavy (non-hydrogen) atoms. The number of rotatable bonds is 4. The third-order valence-corrected chi connectivity index (χ3v) is 5.87. The van der Waals surface area contributed by atoms with Gasteiger partial charge in [-0.15, -0.1) is 11.3 Å². The number of nitrogens with zero attached hydrogens (tertiary/aromatic N) is 1. The van der Waals surface area contributed by atoms with Crippen molar-refractivity contribution in [3.05, 3.63) is 58.5 Å². The molecule has 0 aliphatic carbocycles. The Morgan fingerprint density at radius 2 is 2.04 bits per heavy atom. The number of carbonyl (C=O) groups excluding carboxylic acids is 1. The van der Waals surface area contributed by atoms with Crippen LogP contribution in [0.1, 0.15) is 29.4 Å². The lowest BCUT2D eigenvalue weighted by Gasteiger charge is -2.32. The molecule has 0 radical (unpaired) electrons. The Hall–Kier alpha value is -2.11. The molecule has 1 aliphatic heterocycles. The summed E-state index contributed by atoms with van der Waals surface area (Å²) in [6.07, 6.45) is 2.48. The first-order valence-corrected chi connectivity index (χ1v) is 9.64. The van der Waals surface area contributed by atoms with Crippen molar-refractivity contribution < 1.29 is 9.21 Å². The van der Waals surface area contributed by atoms with E-state index in [0.29, 0.717) is 12.3 Å². The van der Waals surface area contributed by atoms with Crippen molar-refractivity contribution in [1.29, 1.82) is 0 Å².